The van der Waals surface area contributed by atoms with Crippen LogP contribution >= 0.6 is 0 Å². The molecule has 3 nitrogen and oxygen atoms in total. The predicted octanol–water partition coefficient (Wildman–Crippen LogP) is 2.32. The van der Waals surface area contributed by atoms with Crippen LogP contribution in [0.25, 0.3) is 0 Å². The molecule has 2 aliphatic rings. The van der Waals surface area contributed by atoms with Crippen LogP contribution < -0.4 is 0 Å². The predicted molar refractivity (Wildman–Crippen MR) is 60.8 cm³/mol. The minimum absolute atomic E-state index is 0.284. The van der Waals surface area contributed by atoms with Crippen LogP contribution in [-0.4, -0.2) is 41.5 Å². The van der Waals surface area contributed by atoms with Crippen LogP contribution in [0, 0.1) is 5.92 Å². The highest BCUT2D eigenvalue weighted by Crippen LogP contribution is 2.24. The van der Waals surface area contributed by atoms with Crippen molar-refractivity contribution < 1.29 is 4.79 Å². The zero-order valence-electron chi connectivity index (χ0n) is 9.91. The topological polar surface area (TPSA) is 23.6 Å². The lowest BCUT2D eigenvalue weighted by Crippen LogP contribution is -2.46. The summed E-state index contributed by atoms with van der Waals surface area (Å²) in [6.07, 6.45) is 4.82. The second kappa shape index (κ2) is 4.42. The van der Waals surface area contributed by atoms with Crippen molar-refractivity contribution in [2.45, 2.75) is 45.6 Å². The fourth-order valence-corrected chi connectivity index (χ4v) is 2.83. The average molecular weight is 210 g/mol. The molecule has 2 rings (SSSR count). The van der Waals surface area contributed by atoms with E-state index in [2.05, 4.69) is 18.7 Å². The molecule has 0 aliphatic carbocycles. The van der Waals surface area contributed by atoms with Gasteiger partial charge in [-0.1, -0.05) is 6.92 Å². The summed E-state index contributed by atoms with van der Waals surface area (Å²) in [6, 6.07) is 0.723. The van der Waals surface area contributed by atoms with Crippen molar-refractivity contribution in [3.8, 4) is 0 Å². The van der Waals surface area contributed by atoms with E-state index in [0.717, 1.165) is 19.6 Å². The van der Waals surface area contributed by atoms with Crippen LogP contribution in [0.5, 0.6) is 0 Å². The molecule has 0 bridgehead atoms. The number of carbonyl (C=O) groups excluding carboxylic acids is 1. The van der Waals surface area contributed by atoms with Crippen LogP contribution in [0.3, 0.4) is 0 Å². The van der Waals surface area contributed by atoms with Crippen LogP contribution in [0.4, 0.5) is 4.79 Å². The Kier molecular flexibility index (Phi) is 3.17. The molecular formula is C12H22N2O. The van der Waals surface area contributed by atoms with Gasteiger partial charge in [0.25, 0.3) is 0 Å². The van der Waals surface area contributed by atoms with Crippen molar-refractivity contribution in [2.24, 2.45) is 5.92 Å². The Hall–Kier alpha value is -0.730. The van der Waals surface area contributed by atoms with Gasteiger partial charge in [-0.05, 0) is 38.5 Å². The lowest BCUT2D eigenvalue weighted by Gasteiger charge is -2.33. The fraction of sp³-hybridized carbons (Fsp3) is 0.917. The molecule has 2 unspecified atom stereocenters. The van der Waals surface area contributed by atoms with Crippen molar-refractivity contribution in [1.82, 2.24) is 9.80 Å². The third kappa shape index (κ3) is 2.27. The average Bonchev–Trinajstić information content (AvgIpc) is 2.58. The van der Waals surface area contributed by atoms with E-state index in [4.69, 9.17) is 0 Å². The van der Waals surface area contributed by atoms with E-state index in [1.54, 1.807) is 0 Å². The summed E-state index contributed by atoms with van der Waals surface area (Å²) in [5.74, 6) is 0.675. The standard InChI is InChI=1S/C12H22N2O/c1-10-8-11(2)14(9-10)12(15)13-6-4-3-5-7-13/h10-11H,3-9H2,1-2H3. The molecule has 15 heavy (non-hydrogen) atoms. The highest BCUT2D eigenvalue weighted by Gasteiger charge is 2.32. The summed E-state index contributed by atoms with van der Waals surface area (Å²) in [6.45, 7) is 7.30. The van der Waals surface area contributed by atoms with Crippen LogP contribution in [0.1, 0.15) is 39.5 Å². The molecule has 2 amide bonds. The number of nitrogens with zero attached hydrogens (tertiary/aromatic N) is 2. The van der Waals surface area contributed by atoms with Crippen molar-refractivity contribution >= 4 is 6.03 Å². The second-order valence-corrected chi connectivity index (χ2v) is 5.17. The number of rotatable bonds is 0. The molecule has 2 saturated heterocycles. The molecule has 0 radical (unpaired) electrons. The van der Waals surface area contributed by atoms with Gasteiger partial charge in [0.05, 0.1) is 0 Å². The summed E-state index contributed by atoms with van der Waals surface area (Å²) >= 11 is 0. The first-order chi connectivity index (χ1) is 7.18. The highest BCUT2D eigenvalue weighted by atomic mass is 16.2. The van der Waals surface area contributed by atoms with Gasteiger partial charge in [0.15, 0.2) is 0 Å². The number of likely N-dealkylation sites (tertiary alicyclic amines) is 2. The van der Waals surface area contributed by atoms with Gasteiger partial charge in [-0.15, -0.1) is 0 Å². The van der Waals surface area contributed by atoms with E-state index in [-0.39, 0.29) is 6.03 Å². The Morgan fingerprint density at radius 1 is 1.13 bits per heavy atom. The Morgan fingerprint density at radius 3 is 2.33 bits per heavy atom. The number of urea groups is 1. The van der Waals surface area contributed by atoms with Gasteiger partial charge in [0.1, 0.15) is 0 Å². The van der Waals surface area contributed by atoms with Gasteiger partial charge >= 0.3 is 6.03 Å². The number of carbonyl (C=O) groups is 1. The fourth-order valence-electron chi connectivity index (χ4n) is 2.83. The van der Waals surface area contributed by atoms with Gasteiger partial charge in [-0.3, -0.25) is 0 Å². The maximum absolute atomic E-state index is 12.2. The first kappa shape index (κ1) is 10.8. The maximum atomic E-state index is 12.2. The Labute approximate surface area is 92.4 Å². The number of hydrogen-bond acceptors (Lipinski definition) is 1. The molecule has 2 atom stereocenters. The SMILES string of the molecule is CC1CC(C)N(C(=O)N2CCCCC2)C1. The smallest absolute Gasteiger partial charge is 0.320 e. The van der Waals surface area contributed by atoms with Gasteiger partial charge < -0.3 is 9.80 Å². The number of piperidine rings is 1. The van der Waals surface area contributed by atoms with E-state index < -0.39 is 0 Å². The van der Waals surface area contributed by atoms with E-state index in [9.17, 15) is 4.79 Å². The molecule has 0 spiro atoms. The molecule has 86 valence electrons. The van der Waals surface area contributed by atoms with E-state index >= 15 is 0 Å². The molecule has 0 saturated carbocycles. The van der Waals surface area contributed by atoms with Crippen molar-refractivity contribution in [3.63, 3.8) is 0 Å². The number of amides is 2. The minimum atomic E-state index is 0.284. The van der Waals surface area contributed by atoms with Gasteiger partial charge in [0.2, 0.25) is 0 Å². The van der Waals surface area contributed by atoms with Gasteiger partial charge in [-0.25, -0.2) is 4.79 Å². The van der Waals surface area contributed by atoms with Crippen LogP contribution in [0.2, 0.25) is 0 Å². The van der Waals surface area contributed by atoms with E-state index in [1.807, 2.05) is 4.90 Å². The Morgan fingerprint density at radius 2 is 1.80 bits per heavy atom. The first-order valence-electron chi connectivity index (χ1n) is 6.24. The molecule has 0 N–H and O–H groups in total. The zero-order valence-corrected chi connectivity index (χ0v) is 9.91. The molecule has 2 heterocycles. The van der Waals surface area contributed by atoms with Crippen molar-refractivity contribution in [1.29, 1.82) is 0 Å². The second-order valence-electron chi connectivity index (χ2n) is 5.17. The molecule has 3 heteroatoms. The summed E-state index contributed by atoms with van der Waals surface area (Å²) in [5, 5.41) is 0. The third-order valence-corrected chi connectivity index (χ3v) is 3.66. The van der Waals surface area contributed by atoms with E-state index in [1.165, 1.54) is 25.7 Å². The number of hydrogen-bond donors (Lipinski definition) is 0. The van der Waals surface area contributed by atoms with Gasteiger partial charge in [-0.2, -0.15) is 0 Å². The molecule has 0 aromatic carbocycles. The molecular weight excluding hydrogens is 188 g/mol. The maximum Gasteiger partial charge on any atom is 0.320 e. The largest absolute Gasteiger partial charge is 0.325 e. The zero-order chi connectivity index (χ0) is 10.8. The van der Waals surface area contributed by atoms with Crippen LogP contribution in [-0.2, 0) is 0 Å². The molecule has 2 aliphatic heterocycles. The van der Waals surface area contributed by atoms with Gasteiger partial charge in [0, 0.05) is 25.7 Å². The summed E-state index contributed by atoms with van der Waals surface area (Å²) in [7, 11) is 0. The minimum Gasteiger partial charge on any atom is -0.325 e. The monoisotopic (exact) mass is 210 g/mol. The summed E-state index contributed by atoms with van der Waals surface area (Å²) < 4.78 is 0. The third-order valence-electron chi connectivity index (χ3n) is 3.66. The summed E-state index contributed by atoms with van der Waals surface area (Å²) in [5.41, 5.74) is 0. The molecule has 2 fully saturated rings. The normalized spacial score (nSPS) is 32.1. The molecule has 0 aromatic rings. The molecule has 0 aromatic heterocycles. The van der Waals surface area contributed by atoms with E-state index in [0.29, 0.717) is 12.0 Å². The van der Waals surface area contributed by atoms with Crippen molar-refractivity contribution in [2.75, 3.05) is 19.6 Å². The van der Waals surface area contributed by atoms with Crippen LogP contribution in [0.15, 0.2) is 0 Å². The Bertz CT molecular complexity index is 236. The van der Waals surface area contributed by atoms with Crippen molar-refractivity contribution in [3.05, 3.63) is 0 Å². The highest BCUT2D eigenvalue weighted by molar-refractivity contribution is 5.75. The Balaban J connectivity index is 1.94. The lowest BCUT2D eigenvalue weighted by atomic mass is 10.1. The lowest BCUT2D eigenvalue weighted by molar-refractivity contribution is 0.141. The first-order valence-corrected chi connectivity index (χ1v) is 6.24. The quantitative estimate of drug-likeness (QED) is 0.602. The summed E-state index contributed by atoms with van der Waals surface area (Å²) in [4.78, 5) is 16.3.